The van der Waals surface area contributed by atoms with Gasteiger partial charge in [0.2, 0.25) is 0 Å². The number of benzene rings is 1. The van der Waals surface area contributed by atoms with Gasteiger partial charge in [-0.25, -0.2) is 9.78 Å². The van der Waals surface area contributed by atoms with E-state index < -0.39 is 11.1 Å². The number of fused-ring (bicyclic) bond motifs is 2. The van der Waals surface area contributed by atoms with Gasteiger partial charge in [-0.1, -0.05) is 23.7 Å². The number of nitrogens with zero attached hydrogens (tertiary/aromatic N) is 5. The topological polar surface area (TPSA) is 89.5 Å². The Hall–Kier alpha value is -3.20. The first-order chi connectivity index (χ1) is 18.0. The van der Waals surface area contributed by atoms with Gasteiger partial charge in [0.05, 0.1) is 35.5 Å². The van der Waals surface area contributed by atoms with Crippen molar-refractivity contribution in [3.8, 4) is 0 Å². The summed E-state index contributed by atoms with van der Waals surface area (Å²) in [6.07, 6.45) is 7.27. The summed E-state index contributed by atoms with van der Waals surface area (Å²) >= 11 is 6.58. The number of imidazole rings is 1. The summed E-state index contributed by atoms with van der Waals surface area (Å²) in [5.41, 5.74) is 11.6. The van der Waals surface area contributed by atoms with E-state index in [2.05, 4.69) is 28.1 Å². The maximum atomic E-state index is 12.7. The second-order valence-corrected chi connectivity index (χ2v) is 11.7. The largest absolute Gasteiger partial charge is 0.444 e. The van der Waals surface area contributed by atoms with Crippen molar-refractivity contribution in [2.24, 2.45) is 12.8 Å². The molecule has 2 aliphatic rings. The van der Waals surface area contributed by atoms with Crippen LogP contribution >= 0.6 is 11.6 Å². The Morgan fingerprint density at radius 1 is 1.13 bits per heavy atom. The second-order valence-electron chi connectivity index (χ2n) is 11.3. The molecule has 2 N–H and O–H groups in total. The van der Waals surface area contributed by atoms with Crippen LogP contribution in [0, 0.1) is 0 Å². The molecular formula is C29H35ClN6O2. The Bertz CT molecular complexity index is 1380. The van der Waals surface area contributed by atoms with E-state index in [4.69, 9.17) is 27.1 Å². The number of amides is 1. The summed E-state index contributed by atoms with van der Waals surface area (Å²) in [6.45, 7) is 10.2. The molecule has 8 nitrogen and oxygen atoms in total. The molecule has 2 atom stereocenters. The molecule has 1 aliphatic heterocycles. The predicted octanol–water partition coefficient (Wildman–Crippen LogP) is 4.84. The van der Waals surface area contributed by atoms with Crippen molar-refractivity contribution in [1.29, 1.82) is 0 Å². The molecule has 1 fully saturated rings. The molecule has 0 spiro atoms. The third-order valence-corrected chi connectivity index (χ3v) is 7.50. The zero-order valence-electron chi connectivity index (χ0n) is 22.6. The van der Waals surface area contributed by atoms with Crippen LogP contribution < -0.4 is 5.73 Å². The van der Waals surface area contributed by atoms with E-state index in [1.165, 1.54) is 0 Å². The summed E-state index contributed by atoms with van der Waals surface area (Å²) < 4.78 is 7.56. The van der Waals surface area contributed by atoms with E-state index >= 15 is 0 Å². The van der Waals surface area contributed by atoms with Gasteiger partial charge in [-0.3, -0.25) is 9.88 Å². The molecule has 0 bridgehead atoms. The number of carbonyl (C=O) groups excluding carboxylic acids is 1. The minimum atomic E-state index is -0.845. The van der Waals surface area contributed by atoms with Gasteiger partial charge in [-0.2, -0.15) is 0 Å². The highest BCUT2D eigenvalue weighted by Crippen LogP contribution is 2.45. The highest BCUT2D eigenvalue weighted by atomic mass is 35.5. The smallest absolute Gasteiger partial charge is 0.410 e. The molecule has 5 rings (SSSR count). The third kappa shape index (κ3) is 4.96. The first-order valence-electron chi connectivity index (χ1n) is 12.9. The molecule has 200 valence electrons. The van der Waals surface area contributed by atoms with Crippen LogP contribution in [0.3, 0.4) is 0 Å². The monoisotopic (exact) mass is 534 g/mol. The molecule has 2 unspecified atom stereocenters. The van der Waals surface area contributed by atoms with Gasteiger partial charge in [0, 0.05) is 44.4 Å². The minimum Gasteiger partial charge on any atom is -0.444 e. The van der Waals surface area contributed by atoms with Gasteiger partial charge in [0.25, 0.3) is 0 Å². The molecule has 1 amide bonds. The molecule has 0 saturated carbocycles. The zero-order chi connectivity index (χ0) is 27.2. The lowest BCUT2D eigenvalue weighted by Gasteiger charge is -2.40. The number of aromatic nitrogens is 3. The highest BCUT2D eigenvalue weighted by Gasteiger charge is 2.38. The second kappa shape index (κ2) is 9.84. The SMILES string of the molecule is Cn1cncc1C(C)(N)C1=Cc2cccnc2C(N2CCN(C(=O)OC(C)(C)C)CC2)c2ccc(Cl)cc21. The van der Waals surface area contributed by atoms with E-state index in [-0.39, 0.29) is 12.1 Å². The molecule has 3 heterocycles. The lowest BCUT2D eigenvalue weighted by molar-refractivity contribution is 0.0118. The average Bonchev–Trinajstić information content (AvgIpc) is 3.24. The fourth-order valence-corrected chi connectivity index (χ4v) is 5.62. The molecular weight excluding hydrogens is 500 g/mol. The number of halogens is 1. The Morgan fingerprint density at radius 3 is 2.53 bits per heavy atom. The van der Waals surface area contributed by atoms with Crippen molar-refractivity contribution in [1.82, 2.24) is 24.3 Å². The van der Waals surface area contributed by atoms with Crippen LogP contribution in [0.5, 0.6) is 0 Å². The van der Waals surface area contributed by atoms with Gasteiger partial charge in [-0.05, 0) is 74.2 Å². The summed E-state index contributed by atoms with van der Waals surface area (Å²) in [6, 6.07) is 9.91. The Labute approximate surface area is 229 Å². The first kappa shape index (κ1) is 26.4. The number of carbonyl (C=O) groups is 1. The molecule has 1 aliphatic carbocycles. The van der Waals surface area contributed by atoms with Crippen molar-refractivity contribution in [2.75, 3.05) is 26.2 Å². The fourth-order valence-electron chi connectivity index (χ4n) is 5.45. The standard InChI is InChI=1S/C29H35ClN6O2/c1-28(2,3)38-27(37)36-13-11-35(12-14-36)26-21-9-8-20(30)16-22(21)23(15-19-7-6-10-33-25(19)26)29(4,31)24-17-32-18-34(24)5/h6-10,15-18,26H,11-14,31H2,1-5H3. The van der Waals surface area contributed by atoms with Gasteiger partial charge >= 0.3 is 6.09 Å². The van der Waals surface area contributed by atoms with Crippen molar-refractivity contribution in [3.63, 3.8) is 0 Å². The van der Waals surface area contributed by atoms with Gasteiger partial charge in [0.15, 0.2) is 0 Å². The van der Waals surface area contributed by atoms with Crippen LogP contribution in [-0.4, -0.2) is 62.2 Å². The number of hydrogen-bond donors (Lipinski definition) is 1. The van der Waals surface area contributed by atoms with Gasteiger partial charge in [-0.15, -0.1) is 0 Å². The van der Waals surface area contributed by atoms with Crippen LogP contribution in [0.2, 0.25) is 5.02 Å². The van der Waals surface area contributed by atoms with E-state index in [9.17, 15) is 4.79 Å². The minimum absolute atomic E-state index is 0.129. The molecule has 9 heteroatoms. The van der Waals surface area contributed by atoms with Gasteiger partial charge in [0.1, 0.15) is 5.60 Å². The van der Waals surface area contributed by atoms with E-state index in [0.29, 0.717) is 31.2 Å². The Kier molecular flexibility index (Phi) is 6.84. The first-order valence-corrected chi connectivity index (χ1v) is 13.3. The number of rotatable bonds is 3. The van der Waals surface area contributed by atoms with E-state index in [1.54, 1.807) is 11.2 Å². The fraction of sp³-hybridized carbons (Fsp3) is 0.414. The van der Waals surface area contributed by atoms with Crippen LogP contribution in [0.1, 0.15) is 61.8 Å². The lowest BCUT2D eigenvalue weighted by atomic mass is 9.82. The number of nitrogens with two attached hydrogens (primary N) is 1. The van der Waals surface area contributed by atoms with Crippen molar-refractivity contribution < 1.29 is 9.53 Å². The van der Waals surface area contributed by atoms with Crippen molar-refractivity contribution >= 4 is 29.3 Å². The van der Waals surface area contributed by atoms with Gasteiger partial charge < -0.3 is 19.9 Å². The lowest BCUT2D eigenvalue weighted by Crippen LogP contribution is -2.51. The van der Waals surface area contributed by atoms with Crippen LogP contribution in [-0.2, 0) is 17.3 Å². The average molecular weight is 535 g/mol. The molecule has 1 saturated heterocycles. The highest BCUT2D eigenvalue weighted by molar-refractivity contribution is 6.30. The number of piperazine rings is 1. The van der Waals surface area contributed by atoms with E-state index in [0.717, 1.165) is 33.7 Å². The van der Waals surface area contributed by atoms with E-state index in [1.807, 2.05) is 69.9 Å². The number of hydrogen-bond acceptors (Lipinski definition) is 6. The normalized spacial score (nSPS) is 19.6. The quantitative estimate of drug-likeness (QED) is 0.517. The number of ether oxygens (including phenoxy) is 1. The molecule has 2 aromatic heterocycles. The molecule has 1 aromatic carbocycles. The van der Waals surface area contributed by atoms with Crippen molar-refractivity contribution in [2.45, 2.75) is 44.9 Å². The van der Waals surface area contributed by atoms with Crippen LogP contribution in [0.4, 0.5) is 4.79 Å². The predicted molar refractivity (Wildman–Crippen MR) is 150 cm³/mol. The van der Waals surface area contributed by atoms with Crippen LogP contribution in [0.25, 0.3) is 11.6 Å². The summed E-state index contributed by atoms with van der Waals surface area (Å²) in [7, 11) is 1.95. The molecule has 3 aromatic rings. The zero-order valence-corrected chi connectivity index (χ0v) is 23.4. The maximum Gasteiger partial charge on any atom is 0.410 e. The summed E-state index contributed by atoms with van der Waals surface area (Å²) in [5, 5.41) is 0.642. The molecule has 38 heavy (non-hydrogen) atoms. The Balaban J connectivity index is 1.57. The number of aryl methyl sites for hydroxylation is 1. The Morgan fingerprint density at radius 2 is 1.87 bits per heavy atom. The van der Waals surface area contributed by atoms with Crippen LogP contribution in [0.15, 0.2) is 49.1 Å². The number of pyridine rings is 1. The summed E-state index contributed by atoms with van der Waals surface area (Å²) in [5.74, 6) is 0. The molecule has 0 radical (unpaired) electrons. The van der Waals surface area contributed by atoms with Crippen molar-refractivity contribution in [3.05, 3.63) is 82.2 Å². The summed E-state index contributed by atoms with van der Waals surface area (Å²) in [4.78, 5) is 26.1. The third-order valence-electron chi connectivity index (χ3n) is 7.27. The maximum absolute atomic E-state index is 12.7.